The molecule has 0 bridgehead atoms. The summed E-state index contributed by atoms with van der Waals surface area (Å²) in [6.45, 7) is 3.65. The zero-order valence-electron chi connectivity index (χ0n) is 16.9. The molecule has 7 heteroatoms. The van der Waals surface area contributed by atoms with Crippen LogP contribution in [0.3, 0.4) is 0 Å². The second kappa shape index (κ2) is 9.85. The lowest BCUT2D eigenvalue weighted by molar-refractivity contribution is -0.708. The van der Waals surface area contributed by atoms with Crippen LogP contribution in [0.1, 0.15) is 51.9 Å². The standard InChI is InChI=1S/C21H33N3O3S/c1-18(22-19-10-6-3-2-4-7-11-19)21(25)23-14-16-24(17-15-23)28(26,27)20-12-8-5-9-13-20/h5,8-9,12-13,18-19,22H,2-4,6-7,10-11,14-17H2,1H3/p+1/t18-/m0/s1. The van der Waals surface area contributed by atoms with Crippen LogP contribution in [0.15, 0.2) is 35.2 Å². The molecule has 1 aliphatic carbocycles. The van der Waals surface area contributed by atoms with Crippen molar-refractivity contribution in [3.8, 4) is 0 Å². The van der Waals surface area contributed by atoms with Crippen LogP contribution >= 0.6 is 0 Å². The molecule has 2 fully saturated rings. The second-order valence-corrected chi connectivity index (χ2v) is 10.1. The van der Waals surface area contributed by atoms with Crippen LogP contribution < -0.4 is 5.32 Å². The SMILES string of the molecule is C[C@H]([NH2+]C1CCCCCCC1)C(=O)N1CCN(S(=O)(=O)c2ccccc2)CC1. The molecule has 156 valence electrons. The van der Waals surface area contributed by atoms with Gasteiger partial charge in [-0.15, -0.1) is 0 Å². The topological polar surface area (TPSA) is 74.3 Å². The van der Waals surface area contributed by atoms with Gasteiger partial charge in [-0.25, -0.2) is 8.42 Å². The zero-order valence-corrected chi connectivity index (χ0v) is 17.7. The van der Waals surface area contributed by atoms with E-state index in [1.54, 1.807) is 24.3 Å². The van der Waals surface area contributed by atoms with E-state index in [1.165, 1.54) is 49.3 Å². The number of hydrogen-bond acceptors (Lipinski definition) is 3. The first-order chi connectivity index (χ1) is 13.5. The van der Waals surface area contributed by atoms with Gasteiger partial charge < -0.3 is 10.2 Å². The van der Waals surface area contributed by atoms with Gasteiger partial charge in [0.1, 0.15) is 0 Å². The van der Waals surface area contributed by atoms with Crippen LogP contribution in [-0.4, -0.2) is 61.8 Å². The molecule has 1 saturated heterocycles. The molecular weight excluding hydrogens is 374 g/mol. The van der Waals surface area contributed by atoms with Gasteiger partial charge >= 0.3 is 0 Å². The van der Waals surface area contributed by atoms with Crippen molar-refractivity contribution in [1.82, 2.24) is 9.21 Å². The minimum absolute atomic E-state index is 0.0956. The summed E-state index contributed by atoms with van der Waals surface area (Å²) in [6.07, 6.45) is 8.88. The number of benzene rings is 1. The Hall–Kier alpha value is -1.44. The quantitative estimate of drug-likeness (QED) is 0.804. The van der Waals surface area contributed by atoms with E-state index in [2.05, 4.69) is 5.32 Å². The van der Waals surface area contributed by atoms with Gasteiger partial charge in [0.05, 0.1) is 10.9 Å². The predicted molar refractivity (Wildman–Crippen MR) is 109 cm³/mol. The minimum Gasteiger partial charge on any atom is -0.335 e. The zero-order chi connectivity index (χ0) is 20.0. The van der Waals surface area contributed by atoms with E-state index >= 15 is 0 Å². The molecule has 6 nitrogen and oxygen atoms in total. The van der Waals surface area contributed by atoms with Crippen molar-refractivity contribution >= 4 is 15.9 Å². The Morgan fingerprint density at radius 2 is 1.54 bits per heavy atom. The number of sulfonamides is 1. The van der Waals surface area contributed by atoms with Gasteiger partial charge in [-0.2, -0.15) is 4.31 Å². The van der Waals surface area contributed by atoms with Crippen molar-refractivity contribution < 1.29 is 18.5 Å². The highest BCUT2D eigenvalue weighted by atomic mass is 32.2. The van der Waals surface area contributed by atoms with Crippen molar-refractivity contribution in [2.24, 2.45) is 0 Å². The summed E-state index contributed by atoms with van der Waals surface area (Å²) >= 11 is 0. The third kappa shape index (κ3) is 5.33. The normalized spacial score (nSPS) is 21.7. The molecule has 2 N–H and O–H groups in total. The second-order valence-electron chi connectivity index (χ2n) is 8.13. The summed E-state index contributed by atoms with van der Waals surface area (Å²) in [5.41, 5.74) is 0. The maximum atomic E-state index is 12.9. The third-order valence-electron chi connectivity index (χ3n) is 6.03. The Balaban J connectivity index is 1.51. The highest BCUT2D eigenvalue weighted by Gasteiger charge is 2.33. The highest BCUT2D eigenvalue weighted by Crippen LogP contribution is 2.18. The highest BCUT2D eigenvalue weighted by molar-refractivity contribution is 7.89. The van der Waals surface area contributed by atoms with E-state index in [9.17, 15) is 13.2 Å². The molecule has 0 aromatic heterocycles. The molecule has 0 spiro atoms. The van der Waals surface area contributed by atoms with Gasteiger partial charge in [0.25, 0.3) is 5.91 Å². The van der Waals surface area contributed by atoms with Crippen molar-refractivity contribution in [3.05, 3.63) is 30.3 Å². The largest absolute Gasteiger partial charge is 0.335 e. The van der Waals surface area contributed by atoms with Crippen molar-refractivity contribution in [1.29, 1.82) is 0 Å². The van der Waals surface area contributed by atoms with Gasteiger partial charge in [0.15, 0.2) is 6.04 Å². The molecule has 0 radical (unpaired) electrons. The molecule has 1 heterocycles. The summed E-state index contributed by atoms with van der Waals surface area (Å²) in [6, 6.07) is 8.97. The number of rotatable bonds is 5. The van der Waals surface area contributed by atoms with Crippen LogP contribution in [0.25, 0.3) is 0 Å². The van der Waals surface area contributed by atoms with Gasteiger partial charge in [-0.05, 0) is 44.7 Å². The van der Waals surface area contributed by atoms with Crippen LogP contribution in [-0.2, 0) is 14.8 Å². The number of quaternary nitrogens is 1. The van der Waals surface area contributed by atoms with E-state index in [1.807, 2.05) is 17.9 Å². The fraction of sp³-hybridized carbons (Fsp3) is 0.667. The fourth-order valence-corrected chi connectivity index (χ4v) is 5.79. The summed E-state index contributed by atoms with van der Waals surface area (Å²) < 4.78 is 27.0. The number of nitrogens with two attached hydrogens (primary N) is 1. The van der Waals surface area contributed by atoms with Gasteiger partial charge in [-0.3, -0.25) is 4.79 Å². The van der Waals surface area contributed by atoms with Gasteiger partial charge in [0.2, 0.25) is 10.0 Å². The average Bonchev–Trinajstić information content (AvgIpc) is 2.70. The maximum absolute atomic E-state index is 12.9. The lowest BCUT2D eigenvalue weighted by Gasteiger charge is -2.35. The molecule has 1 aliphatic heterocycles. The Morgan fingerprint density at radius 1 is 0.964 bits per heavy atom. The van der Waals surface area contributed by atoms with Crippen LogP contribution in [0.4, 0.5) is 0 Å². The van der Waals surface area contributed by atoms with E-state index in [0.717, 1.165) is 0 Å². The van der Waals surface area contributed by atoms with Crippen molar-refractivity contribution in [2.45, 2.75) is 68.8 Å². The lowest BCUT2D eigenvalue weighted by atomic mass is 9.96. The number of amides is 1. The molecule has 1 aromatic carbocycles. The first kappa shape index (κ1) is 21.3. The molecular formula is C21H34N3O3S+. The predicted octanol–water partition coefficient (Wildman–Crippen LogP) is 1.58. The first-order valence-corrected chi connectivity index (χ1v) is 12.1. The molecule has 1 saturated carbocycles. The van der Waals surface area contributed by atoms with E-state index in [4.69, 9.17) is 0 Å². The maximum Gasteiger partial charge on any atom is 0.280 e. The number of carbonyl (C=O) groups excluding carboxylic acids is 1. The van der Waals surface area contributed by atoms with Crippen LogP contribution in [0, 0.1) is 0 Å². The van der Waals surface area contributed by atoms with Crippen LogP contribution in [0.5, 0.6) is 0 Å². The Labute approximate surface area is 169 Å². The van der Waals surface area contributed by atoms with E-state index < -0.39 is 10.0 Å². The molecule has 3 rings (SSSR count). The summed E-state index contributed by atoms with van der Waals surface area (Å²) in [5.74, 6) is 0.138. The lowest BCUT2D eigenvalue weighted by Crippen LogP contribution is -2.96. The monoisotopic (exact) mass is 408 g/mol. The molecule has 1 atom stereocenters. The first-order valence-electron chi connectivity index (χ1n) is 10.7. The minimum atomic E-state index is -3.47. The molecule has 1 aromatic rings. The van der Waals surface area contributed by atoms with Crippen molar-refractivity contribution in [3.63, 3.8) is 0 Å². The number of nitrogens with zero attached hydrogens (tertiary/aromatic N) is 2. The summed E-state index contributed by atoms with van der Waals surface area (Å²) in [5, 5.41) is 2.25. The third-order valence-corrected chi connectivity index (χ3v) is 7.94. The van der Waals surface area contributed by atoms with Crippen molar-refractivity contribution in [2.75, 3.05) is 26.2 Å². The van der Waals surface area contributed by atoms with Gasteiger partial charge in [-0.1, -0.05) is 37.5 Å². The number of hydrogen-bond donors (Lipinski definition) is 1. The van der Waals surface area contributed by atoms with Crippen LogP contribution in [0.2, 0.25) is 0 Å². The average molecular weight is 409 g/mol. The fourth-order valence-electron chi connectivity index (χ4n) is 4.35. The van der Waals surface area contributed by atoms with E-state index in [-0.39, 0.29) is 11.9 Å². The Kier molecular flexibility index (Phi) is 7.48. The van der Waals surface area contributed by atoms with Gasteiger partial charge in [0, 0.05) is 26.2 Å². The van der Waals surface area contributed by atoms with E-state index in [0.29, 0.717) is 37.1 Å². The number of carbonyl (C=O) groups is 1. The molecule has 2 aliphatic rings. The smallest absolute Gasteiger partial charge is 0.280 e. The molecule has 1 amide bonds. The Morgan fingerprint density at radius 3 is 2.14 bits per heavy atom. The summed E-state index contributed by atoms with van der Waals surface area (Å²) in [4.78, 5) is 15.0. The summed E-state index contributed by atoms with van der Waals surface area (Å²) in [7, 11) is -3.47. The molecule has 28 heavy (non-hydrogen) atoms. The Bertz CT molecular complexity index is 723. The molecule has 0 unspecified atom stereocenters. The number of piperazine rings is 1.